The fourth-order valence-corrected chi connectivity index (χ4v) is 1.75. The van der Waals surface area contributed by atoms with Crippen LogP contribution in [0.15, 0.2) is 6.33 Å². The fraction of sp³-hybridized carbons (Fsp3) is 0.700. The molecule has 0 spiro atoms. The number of carbonyl (C=O) groups is 1. The number of rotatable bonds is 4. The van der Waals surface area contributed by atoms with Crippen molar-refractivity contribution in [3.63, 3.8) is 0 Å². The lowest BCUT2D eigenvalue weighted by Gasteiger charge is -2.36. The Balaban J connectivity index is 1.74. The molecule has 2 rings (SSSR count). The Morgan fingerprint density at radius 2 is 2.44 bits per heavy atom. The van der Waals surface area contributed by atoms with Crippen LogP contribution in [0.3, 0.4) is 0 Å². The second-order valence-electron chi connectivity index (χ2n) is 4.35. The number of aromatic nitrogens is 3. The van der Waals surface area contributed by atoms with E-state index in [9.17, 15) is 4.79 Å². The van der Waals surface area contributed by atoms with Crippen molar-refractivity contribution in [1.29, 1.82) is 0 Å². The van der Waals surface area contributed by atoms with Gasteiger partial charge in [-0.25, -0.2) is 4.98 Å². The monoisotopic (exact) mass is 223 g/mol. The SMILES string of the molecule is Cn1cnc(CCNC(=O)C2(N)CCC2)n1. The van der Waals surface area contributed by atoms with Crippen LogP contribution in [0.5, 0.6) is 0 Å². The summed E-state index contributed by atoms with van der Waals surface area (Å²) in [5.74, 6) is 0.692. The first-order valence-electron chi connectivity index (χ1n) is 5.52. The Kier molecular flexibility index (Phi) is 2.91. The Morgan fingerprint density at radius 3 is 2.94 bits per heavy atom. The standard InChI is InChI=1S/C10H17N5O/c1-15-7-13-8(14-15)3-6-12-9(16)10(11)4-2-5-10/h7H,2-6,11H2,1H3,(H,12,16). The molecule has 1 aromatic rings. The van der Waals surface area contributed by atoms with Crippen LogP contribution in [0.4, 0.5) is 0 Å². The number of amides is 1. The van der Waals surface area contributed by atoms with Gasteiger partial charge in [0, 0.05) is 20.0 Å². The topological polar surface area (TPSA) is 85.8 Å². The lowest BCUT2D eigenvalue weighted by molar-refractivity contribution is -0.129. The highest BCUT2D eigenvalue weighted by Gasteiger charge is 2.39. The number of hydrogen-bond donors (Lipinski definition) is 2. The molecule has 1 aliphatic rings. The van der Waals surface area contributed by atoms with E-state index in [1.807, 2.05) is 7.05 Å². The summed E-state index contributed by atoms with van der Waals surface area (Å²) in [6, 6.07) is 0. The third-order valence-corrected chi connectivity index (χ3v) is 2.98. The summed E-state index contributed by atoms with van der Waals surface area (Å²) < 4.78 is 1.65. The summed E-state index contributed by atoms with van der Waals surface area (Å²) in [4.78, 5) is 15.7. The summed E-state index contributed by atoms with van der Waals surface area (Å²) in [5, 5.41) is 6.96. The number of nitrogens with zero attached hydrogens (tertiary/aromatic N) is 3. The van der Waals surface area contributed by atoms with Gasteiger partial charge in [-0.15, -0.1) is 0 Å². The van der Waals surface area contributed by atoms with Gasteiger partial charge in [-0.05, 0) is 19.3 Å². The average Bonchev–Trinajstić information content (AvgIpc) is 2.60. The van der Waals surface area contributed by atoms with Gasteiger partial charge in [0.15, 0.2) is 5.82 Å². The molecular weight excluding hydrogens is 206 g/mol. The van der Waals surface area contributed by atoms with Gasteiger partial charge < -0.3 is 11.1 Å². The Morgan fingerprint density at radius 1 is 1.69 bits per heavy atom. The van der Waals surface area contributed by atoms with Crippen LogP contribution in [0.1, 0.15) is 25.1 Å². The van der Waals surface area contributed by atoms with Crippen LogP contribution >= 0.6 is 0 Å². The van der Waals surface area contributed by atoms with Crippen molar-refractivity contribution in [3.8, 4) is 0 Å². The van der Waals surface area contributed by atoms with Crippen LogP contribution in [-0.2, 0) is 18.3 Å². The second kappa shape index (κ2) is 4.21. The fourth-order valence-electron chi connectivity index (χ4n) is 1.75. The van der Waals surface area contributed by atoms with Crippen LogP contribution in [0, 0.1) is 0 Å². The molecule has 16 heavy (non-hydrogen) atoms. The first-order valence-corrected chi connectivity index (χ1v) is 5.52. The van der Waals surface area contributed by atoms with Crippen LogP contribution in [-0.4, -0.2) is 32.8 Å². The van der Waals surface area contributed by atoms with Crippen molar-refractivity contribution in [3.05, 3.63) is 12.2 Å². The molecule has 0 radical (unpaired) electrons. The third-order valence-electron chi connectivity index (χ3n) is 2.98. The minimum Gasteiger partial charge on any atom is -0.354 e. The lowest BCUT2D eigenvalue weighted by atomic mass is 9.77. The van der Waals surface area contributed by atoms with Gasteiger partial charge in [0.05, 0.1) is 5.54 Å². The van der Waals surface area contributed by atoms with Crippen molar-refractivity contribution in [2.75, 3.05) is 6.54 Å². The number of hydrogen-bond acceptors (Lipinski definition) is 4. The van der Waals surface area contributed by atoms with Gasteiger partial charge in [-0.1, -0.05) is 0 Å². The zero-order valence-electron chi connectivity index (χ0n) is 9.44. The zero-order chi connectivity index (χ0) is 11.6. The first kappa shape index (κ1) is 11.1. The predicted octanol–water partition coefficient (Wildman–Crippen LogP) is -0.645. The van der Waals surface area contributed by atoms with Gasteiger partial charge in [-0.3, -0.25) is 9.48 Å². The molecule has 1 amide bonds. The maximum absolute atomic E-state index is 11.7. The summed E-state index contributed by atoms with van der Waals surface area (Å²) >= 11 is 0. The maximum Gasteiger partial charge on any atom is 0.240 e. The molecule has 1 saturated carbocycles. The Hall–Kier alpha value is -1.43. The zero-order valence-corrected chi connectivity index (χ0v) is 9.44. The molecule has 0 aromatic carbocycles. The number of nitrogens with two attached hydrogens (primary N) is 1. The van der Waals surface area contributed by atoms with Crippen molar-refractivity contribution < 1.29 is 4.79 Å². The molecule has 0 unspecified atom stereocenters. The lowest BCUT2D eigenvalue weighted by Crippen LogP contribution is -2.58. The Labute approximate surface area is 94.2 Å². The molecule has 6 nitrogen and oxygen atoms in total. The van der Waals surface area contributed by atoms with Gasteiger partial charge in [0.2, 0.25) is 5.91 Å². The van der Waals surface area contributed by atoms with E-state index in [1.165, 1.54) is 0 Å². The van der Waals surface area contributed by atoms with E-state index >= 15 is 0 Å². The predicted molar refractivity (Wildman–Crippen MR) is 58.5 cm³/mol. The summed E-state index contributed by atoms with van der Waals surface area (Å²) in [6.07, 6.45) is 4.92. The molecule has 0 saturated heterocycles. The maximum atomic E-state index is 11.7. The molecule has 1 aliphatic carbocycles. The van der Waals surface area contributed by atoms with E-state index in [-0.39, 0.29) is 5.91 Å². The van der Waals surface area contributed by atoms with Crippen LogP contribution in [0.25, 0.3) is 0 Å². The summed E-state index contributed by atoms with van der Waals surface area (Å²) in [5.41, 5.74) is 5.27. The molecule has 1 fully saturated rings. The second-order valence-corrected chi connectivity index (χ2v) is 4.35. The number of carbonyl (C=O) groups excluding carboxylic acids is 1. The minimum absolute atomic E-state index is 0.0466. The molecule has 6 heteroatoms. The molecule has 1 aromatic heterocycles. The van der Waals surface area contributed by atoms with E-state index in [4.69, 9.17) is 5.73 Å². The highest BCUT2D eigenvalue weighted by molar-refractivity contribution is 5.86. The normalized spacial score (nSPS) is 17.9. The van der Waals surface area contributed by atoms with Crippen molar-refractivity contribution in [2.24, 2.45) is 12.8 Å². The smallest absolute Gasteiger partial charge is 0.240 e. The average molecular weight is 223 g/mol. The third kappa shape index (κ3) is 2.21. The van der Waals surface area contributed by atoms with E-state index < -0.39 is 5.54 Å². The van der Waals surface area contributed by atoms with E-state index in [1.54, 1.807) is 11.0 Å². The molecule has 0 atom stereocenters. The van der Waals surface area contributed by atoms with Gasteiger partial charge in [0.25, 0.3) is 0 Å². The highest BCUT2D eigenvalue weighted by Crippen LogP contribution is 2.28. The Bertz CT molecular complexity index is 382. The van der Waals surface area contributed by atoms with Gasteiger partial charge >= 0.3 is 0 Å². The quantitative estimate of drug-likeness (QED) is 0.710. The molecular formula is C10H17N5O. The number of aryl methyl sites for hydroxylation is 1. The first-order chi connectivity index (χ1) is 7.60. The molecule has 3 N–H and O–H groups in total. The van der Waals surface area contributed by atoms with Gasteiger partial charge in [-0.2, -0.15) is 5.10 Å². The van der Waals surface area contributed by atoms with E-state index in [2.05, 4.69) is 15.4 Å². The number of nitrogens with one attached hydrogen (secondary N) is 1. The molecule has 0 bridgehead atoms. The van der Waals surface area contributed by atoms with E-state index in [0.29, 0.717) is 13.0 Å². The summed E-state index contributed by atoms with van der Waals surface area (Å²) in [7, 11) is 1.82. The largest absolute Gasteiger partial charge is 0.354 e. The van der Waals surface area contributed by atoms with E-state index in [0.717, 1.165) is 25.1 Å². The molecule has 1 heterocycles. The molecule has 88 valence electrons. The summed E-state index contributed by atoms with van der Waals surface area (Å²) in [6.45, 7) is 0.543. The van der Waals surface area contributed by atoms with Crippen molar-refractivity contribution >= 4 is 5.91 Å². The molecule has 0 aliphatic heterocycles. The van der Waals surface area contributed by atoms with Gasteiger partial charge in [0.1, 0.15) is 6.33 Å². The highest BCUT2D eigenvalue weighted by atomic mass is 16.2. The van der Waals surface area contributed by atoms with Crippen molar-refractivity contribution in [1.82, 2.24) is 20.1 Å². The van der Waals surface area contributed by atoms with Crippen LogP contribution in [0.2, 0.25) is 0 Å². The minimum atomic E-state index is -0.614. The van der Waals surface area contributed by atoms with Crippen LogP contribution < -0.4 is 11.1 Å². The van der Waals surface area contributed by atoms with Crippen molar-refractivity contribution in [2.45, 2.75) is 31.2 Å².